The first kappa shape index (κ1) is 9.24. The topological polar surface area (TPSA) is 55.1 Å². The molecular weight excluding hydrogens is 180 g/mol. The molecule has 1 amide bonds. The number of nitrogens with zero attached hydrogens (tertiary/aromatic N) is 1. The van der Waals surface area contributed by atoms with Crippen LogP contribution in [0.25, 0.3) is 0 Å². The Labute approximate surface area is 82.7 Å². The molecule has 0 aromatic carbocycles. The second kappa shape index (κ2) is 3.12. The van der Waals surface area contributed by atoms with Crippen molar-refractivity contribution < 1.29 is 9.32 Å². The van der Waals surface area contributed by atoms with Crippen LogP contribution in [0.2, 0.25) is 0 Å². The van der Waals surface area contributed by atoms with E-state index in [-0.39, 0.29) is 17.2 Å². The molecule has 4 nitrogen and oxygen atoms in total. The maximum Gasteiger partial charge on any atom is 0.224 e. The van der Waals surface area contributed by atoms with Crippen LogP contribution in [-0.4, -0.2) is 11.1 Å². The highest BCUT2D eigenvalue weighted by molar-refractivity contribution is 5.82. The molecule has 1 N–H and O–H groups in total. The predicted octanol–water partition coefficient (Wildman–Crippen LogP) is 1.34. The van der Waals surface area contributed by atoms with Crippen molar-refractivity contribution in [3.05, 3.63) is 18.0 Å². The van der Waals surface area contributed by atoms with Crippen LogP contribution < -0.4 is 5.32 Å². The minimum absolute atomic E-state index is 0.117. The van der Waals surface area contributed by atoms with Crippen molar-refractivity contribution >= 4 is 5.91 Å². The van der Waals surface area contributed by atoms with Gasteiger partial charge < -0.3 is 9.84 Å². The maximum absolute atomic E-state index is 11.5. The van der Waals surface area contributed by atoms with E-state index in [9.17, 15) is 4.79 Å². The average Bonchev–Trinajstić information content (AvgIpc) is 2.61. The number of amides is 1. The Hall–Kier alpha value is -1.32. The van der Waals surface area contributed by atoms with E-state index in [0.29, 0.717) is 12.3 Å². The van der Waals surface area contributed by atoms with Gasteiger partial charge in [0.05, 0.1) is 12.7 Å². The highest BCUT2D eigenvalue weighted by Crippen LogP contribution is 2.51. The van der Waals surface area contributed by atoms with E-state index in [2.05, 4.69) is 24.3 Å². The molecule has 1 saturated carbocycles. The molecule has 0 aliphatic heterocycles. The Balaban J connectivity index is 1.80. The van der Waals surface area contributed by atoms with Crippen molar-refractivity contribution in [3.8, 4) is 0 Å². The molecule has 2 rings (SSSR count). The van der Waals surface area contributed by atoms with Crippen molar-refractivity contribution in [2.75, 3.05) is 0 Å². The third-order valence-corrected chi connectivity index (χ3v) is 2.76. The summed E-state index contributed by atoms with van der Waals surface area (Å²) in [7, 11) is 0. The molecule has 1 atom stereocenters. The molecule has 1 unspecified atom stereocenters. The van der Waals surface area contributed by atoms with Crippen LogP contribution in [0.5, 0.6) is 0 Å². The van der Waals surface area contributed by atoms with Crippen LogP contribution in [0.4, 0.5) is 0 Å². The normalized spacial score (nSPS) is 23.1. The second-order valence-corrected chi connectivity index (χ2v) is 4.44. The van der Waals surface area contributed by atoms with Gasteiger partial charge in [-0.3, -0.25) is 4.79 Å². The number of aromatic nitrogens is 1. The lowest BCUT2D eigenvalue weighted by Crippen LogP contribution is -2.25. The number of rotatable bonds is 3. The van der Waals surface area contributed by atoms with Gasteiger partial charge in [-0.25, -0.2) is 0 Å². The van der Waals surface area contributed by atoms with Crippen molar-refractivity contribution in [2.24, 2.45) is 11.3 Å². The van der Waals surface area contributed by atoms with Gasteiger partial charge in [-0.15, -0.1) is 0 Å². The van der Waals surface area contributed by atoms with Crippen molar-refractivity contribution in [3.63, 3.8) is 0 Å². The lowest BCUT2D eigenvalue weighted by atomic mass is 10.1. The fraction of sp³-hybridized carbons (Fsp3) is 0.600. The third kappa shape index (κ3) is 1.78. The standard InChI is InChI=1S/C10H14N2O2/c1-10(2)5-8(10)9(13)11-6-7-3-4-12-14-7/h3-4,8H,5-6H2,1-2H3,(H,11,13). The Morgan fingerprint density at radius 1 is 1.79 bits per heavy atom. The van der Waals surface area contributed by atoms with Gasteiger partial charge in [-0.1, -0.05) is 19.0 Å². The van der Waals surface area contributed by atoms with Gasteiger partial charge in [-0.2, -0.15) is 0 Å². The summed E-state index contributed by atoms with van der Waals surface area (Å²) in [4.78, 5) is 11.5. The van der Waals surface area contributed by atoms with E-state index in [1.807, 2.05) is 0 Å². The van der Waals surface area contributed by atoms with E-state index >= 15 is 0 Å². The summed E-state index contributed by atoms with van der Waals surface area (Å²) in [5.41, 5.74) is 0.186. The molecule has 14 heavy (non-hydrogen) atoms. The van der Waals surface area contributed by atoms with Gasteiger partial charge in [0.1, 0.15) is 0 Å². The molecule has 76 valence electrons. The third-order valence-electron chi connectivity index (χ3n) is 2.76. The van der Waals surface area contributed by atoms with Crippen molar-refractivity contribution in [1.29, 1.82) is 0 Å². The molecule has 1 aliphatic rings. The molecule has 4 heteroatoms. The van der Waals surface area contributed by atoms with Gasteiger partial charge >= 0.3 is 0 Å². The molecule has 0 spiro atoms. The Bertz CT molecular complexity index is 330. The molecule has 0 saturated heterocycles. The first-order chi connectivity index (χ1) is 6.59. The molecule has 1 fully saturated rings. The highest BCUT2D eigenvalue weighted by atomic mass is 16.5. The van der Waals surface area contributed by atoms with Crippen LogP contribution in [0.1, 0.15) is 26.0 Å². The smallest absolute Gasteiger partial charge is 0.224 e. The van der Waals surface area contributed by atoms with Crippen LogP contribution in [-0.2, 0) is 11.3 Å². The van der Waals surface area contributed by atoms with Gasteiger partial charge in [-0.05, 0) is 11.8 Å². The Kier molecular flexibility index (Phi) is 2.06. The predicted molar refractivity (Wildman–Crippen MR) is 50.2 cm³/mol. The summed E-state index contributed by atoms with van der Waals surface area (Å²) in [5.74, 6) is 0.980. The zero-order valence-electron chi connectivity index (χ0n) is 8.41. The summed E-state index contributed by atoms with van der Waals surface area (Å²) < 4.78 is 4.87. The molecule has 1 heterocycles. The first-order valence-corrected chi connectivity index (χ1v) is 4.77. The van der Waals surface area contributed by atoms with Gasteiger partial charge in [0.15, 0.2) is 5.76 Å². The fourth-order valence-electron chi connectivity index (χ4n) is 1.55. The van der Waals surface area contributed by atoms with Crippen LogP contribution >= 0.6 is 0 Å². The lowest BCUT2D eigenvalue weighted by Gasteiger charge is -2.03. The van der Waals surface area contributed by atoms with Crippen LogP contribution in [0.15, 0.2) is 16.8 Å². The Morgan fingerprint density at radius 3 is 3.00 bits per heavy atom. The zero-order chi connectivity index (χ0) is 10.2. The van der Waals surface area contributed by atoms with E-state index in [0.717, 1.165) is 6.42 Å². The molecular formula is C10H14N2O2. The number of hydrogen-bond acceptors (Lipinski definition) is 3. The number of hydrogen-bond donors (Lipinski definition) is 1. The summed E-state index contributed by atoms with van der Waals surface area (Å²) in [5, 5.41) is 6.39. The number of carbonyl (C=O) groups is 1. The SMILES string of the molecule is CC1(C)CC1C(=O)NCc1ccno1. The summed E-state index contributed by atoms with van der Waals surface area (Å²) in [6.45, 7) is 4.64. The summed E-state index contributed by atoms with van der Waals surface area (Å²) in [6, 6.07) is 1.75. The minimum atomic E-state index is 0.117. The zero-order valence-corrected chi connectivity index (χ0v) is 8.41. The minimum Gasteiger partial charge on any atom is -0.360 e. The quantitative estimate of drug-likeness (QED) is 0.789. The van der Waals surface area contributed by atoms with Gasteiger partial charge in [0, 0.05) is 12.0 Å². The molecule has 1 aromatic rings. The van der Waals surface area contributed by atoms with Crippen LogP contribution in [0.3, 0.4) is 0 Å². The van der Waals surface area contributed by atoms with Gasteiger partial charge in [0.25, 0.3) is 0 Å². The highest BCUT2D eigenvalue weighted by Gasteiger charge is 2.50. The summed E-state index contributed by atoms with van der Waals surface area (Å²) >= 11 is 0. The largest absolute Gasteiger partial charge is 0.360 e. The van der Waals surface area contributed by atoms with E-state index < -0.39 is 0 Å². The Morgan fingerprint density at radius 2 is 2.50 bits per heavy atom. The monoisotopic (exact) mass is 194 g/mol. The molecule has 1 aliphatic carbocycles. The number of carbonyl (C=O) groups excluding carboxylic acids is 1. The van der Waals surface area contributed by atoms with Crippen molar-refractivity contribution in [1.82, 2.24) is 10.5 Å². The average molecular weight is 194 g/mol. The van der Waals surface area contributed by atoms with Crippen LogP contribution in [0, 0.1) is 11.3 Å². The molecule has 0 radical (unpaired) electrons. The van der Waals surface area contributed by atoms with E-state index in [1.54, 1.807) is 12.3 Å². The van der Waals surface area contributed by atoms with Gasteiger partial charge in [0.2, 0.25) is 5.91 Å². The first-order valence-electron chi connectivity index (χ1n) is 4.77. The fourth-order valence-corrected chi connectivity index (χ4v) is 1.55. The number of nitrogens with one attached hydrogen (secondary N) is 1. The maximum atomic E-state index is 11.5. The lowest BCUT2D eigenvalue weighted by molar-refractivity contribution is -0.123. The molecule has 0 bridgehead atoms. The van der Waals surface area contributed by atoms with E-state index in [4.69, 9.17) is 4.52 Å². The summed E-state index contributed by atoms with van der Waals surface area (Å²) in [6.07, 6.45) is 2.55. The molecule has 1 aromatic heterocycles. The van der Waals surface area contributed by atoms with E-state index in [1.165, 1.54) is 0 Å². The van der Waals surface area contributed by atoms with Crippen molar-refractivity contribution in [2.45, 2.75) is 26.8 Å². The second-order valence-electron chi connectivity index (χ2n) is 4.44.